The van der Waals surface area contributed by atoms with Gasteiger partial charge < -0.3 is 10.2 Å². The van der Waals surface area contributed by atoms with Gasteiger partial charge >= 0.3 is 0 Å². The Morgan fingerprint density at radius 3 is 2.54 bits per heavy atom. The van der Waals surface area contributed by atoms with Crippen molar-refractivity contribution in [3.63, 3.8) is 0 Å². The molecular formula is C22H23N3O. The maximum absolute atomic E-state index is 12.6. The molecule has 0 aliphatic carbocycles. The number of para-hydroxylation sites is 1. The third-order valence-electron chi connectivity index (χ3n) is 5.24. The number of pyridine rings is 1. The topological polar surface area (TPSA) is 45.2 Å². The minimum Gasteiger partial charge on any atom is -0.320 e. The van der Waals surface area contributed by atoms with Crippen LogP contribution in [0.15, 0.2) is 60.8 Å². The van der Waals surface area contributed by atoms with Crippen molar-refractivity contribution in [1.29, 1.82) is 0 Å². The average molecular weight is 345 g/mol. The van der Waals surface area contributed by atoms with Crippen LogP contribution in [0.1, 0.15) is 34.7 Å². The second kappa shape index (κ2) is 7.26. The highest BCUT2D eigenvalue weighted by Crippen LogP contribution is 2.28. The molecule has 2 aromatic carbocycles. The lowest BCUT2D eigenvalue weighted by Crippen LogP contribution is -2.29. The fraction of sp³-hybridized carbons (Fsp3) is 0.273. The Morgan fingerprint density at radius 1 is 1.04 bits per heavy atom. The van der Waals surface area contributed by atoms with Gasteiger partial charge in [0.15, 0.2) is 0 Å². The van der Waals surface area contributed by atoms with Crippen LogP contribution in [-0.2, 0) is 0 Å². The van der Waals surface area contributed by atoms with Crippen LogP contribution in [0.4, 0.5) is 5.69 Å². The first kappa shape index (κ1) is 16.7. The highest BCUT2D eigenvalue weighted by Gasteiger charge is 2.18. The van der Waals surface area contributed by atoms with Gasteiger partial charge in [0.2, 0.25) is 0 Å². The molecule has 1 N–H and O–H groups in total. The van der Waals surface area contributed by atoms with Crippen molar-refractivity contribution in [2.75, 3.05) is 25.5 Å². The summed E-state index contributed by atoms with van der Waals surface area (Å²) in [5.41, 5.74) is 3.56. The molecule has 1 aliphatic rings. The van der Waals surface area contributed by atoms with E-state index in [-0.39, 0.29) is 5.91 Å². The summed E-state index contributed by atoms with van der Waals surface area (Å²) in [6.45, 7) is 2.28. The van der Waals surface area contributed by atoms with Gasteiger partial charge in [-0.3, -0.25) is 9.78 Å². The first-order valence-corrected chi connectivity index (χ1v) is 9.14. The lowest BCUT2D eigenvalue weighted by atomic mass is 9.89. The number of aromatic nitrogens is 1. The smallest absolute Gasteiger partial charge is 0.255 e. The highest BCUT2D eigenvalue weighted by molar-refractivity contribution is 6.08. The van der Waals surface area contributed by atoms with Gasteiger partial charge in [-0.15, -0.1) is 0 Å². The molecule has 0 unspecified atom stereocenters. The molecule has 4 rings (SSSR count). The molecule has 4 nitrogen and oxygen atoms in total. The summed E-state index contributed by atoms with van der Waals surface area (Å²) in [6, 6.07) is 17.8. The van der Waals surface area contributed by atoms with E-state index in [1.54, 1.807) is 6.20 Å². The van der Waals surface area contributed by atoms with Gasteiger partial charge in [-0.1, -0.05) is 30.3 Å². The molecule has 0 atom stereocenters. The number of benzene rings is 2. The first-order valence-electron chi connectivity index (χ1n) is 9.14. The van der Waals surface area contributed by atoms with Gasteiger partial charge in [0.1, 0.15) is 0 Å². The number of likely N-dealkylation sites (tertiary alicyclic amines) is 1. The second-order valence-electron chi connectivity index (χ2n) is 7.03. The molecule has 0 radical (unpaired) electrons. The number of piperidine rings is 1. The third-order valence-corrected chi connectivity index (χ3v) is 5.24. The van der Waals surface area contributed by atoms with Gasteiger partial charge in [0, 0.05) is 17.1 Å². The molecule has 3 aromatic rings. The summed E-state index contributed by atoms with van der Waals surface area (Å²) >= 11 is 0. The normalized spacial score (nSPS) is 15.9. The molecule has 1 aliphatic heterocycles. The maximum atomic E-state index is 12.6. The first-order chi connectivity index (χ1) is 12.7. The standard InChI is InChI=1S/C22H23N3O/c1-25-14-11-17(12-15-25)16-7-9-19(10-8-16)22(26)24-20-6-2-4-18-5-3-13-23-21(18)20/h2-10,13,17H,11-12,14-15H2,1H3,(H,24,26). The predicted octanol–water partition coefficient (Wildman–Crippen LogP) is 4.30. The van der Waals surface area contributed by atoms with Gasteiger partial charge in [0.05, 0.1) is 11.2 Å². The van der Waals surface area contributed by atoms with E-state index in [0.717, 1.165) is 29.7 Å². The van der Waals surface area contributed by atoms with Crippen LogP contribution in [0, 0.1) is 0 Å². The largest absolute Gasteiger partial charge is 0.320 e. The van der Waals surface area contributed by atoms with Gasteiger partial charge in [-0.25, -0.2) is 0 Å². The molecule has 2 heterocycles. The summed E-state index contributed by atoms with van der Waals surface area (Å²) in [6.07, 6.45) is 4.11. The fourth-order valence-electron chi connectivity index (χ4n) is 3.65. The number of carbonyl (C=O) groups is 1. The summed E-state index contributed by atoms with van der Waals surface area (Å²) < 4.78 is 0. The van der Waals surface area contributed by atoms with Gasteiger partial charge in [-0.2, -0.15) is 0 Å². The Kier molecular flexibility index (Phi) is 4.67. The minimum absolute atomic E-state index is 0.0990. The Balaban J connectivity index is 1.50. The number of rotatable bonds is 3. The van der Waals surface area contributed by atoms with E-state index >= 15 is 0 Å². The summed E-state index contributed by atoms with van der Waals surface area (Å²) in [5.74, 6) is 0.503. The Bertz CT molecular complexity index is 907. The number of anilines is 1. The lowest BCUT2D eigenvalue weighted by Gasteiger charge is -2.29. The van der Waals surface area contributed by atoms with Crippen molar-refractivity contribution < 1.29 is 4.79 Å². The molecule has 26 heavy (non-hydrogen) atoms. The molecule has 1 saturated heterocycles. The molecule has 1 aromatic heterocycles. The number of hydrogen-bond acceptors (Lipinski definition) is 3. The number of hydrogen-bond donors (Lipinski definition) is 1. The molecular weight excluding hydrogens is 322 g/mol. The van der Waals surface area contributed by atoms with Crippen LogP contribution < -0.4 is 5.32 Å². The van der Waals surface area contributed by atoms with Gasteiger partial charge in [-0.05, 0) is 68.7 Å². The van der Waals surface area contributed by atoms with Crippen molar-refractivity contribution in [2.45, 2.75) is 18.8 Å². The molecule has 0 saturated carbocycles. The van der Waals surface area contributed by atoms with Crippen LogP contribution >= 0.6 is 0 Å². The van der Waals surface area contributed by atoms with E-state index < -0.39 is 0 Å². The third kappa shape index (κ3) is 3.46. The molecule has 132 valence electrons. The van der Waals surface area contributed by atoms with E-state index in [1.807, 2.05) is 42.5 Å². The minimum atomic E-state index is -0.0990. The van der Waals surface area contributed by atoms with E-state index in [1.165, 1.54) is 18.4 Å². The van der Waals surface area contributed by atoms with Crippen LogP contribution in [0.25, 0.3) is 10.9 Å². The van der Waals surface area contributed by atoms with E-state index in [9.17, 15) is 4.79 Å². The van der Waals surface area contributed by atoms with Crippen LogP contribution in [0.5, 0.6) is 0 Å². The molecule has 0 spiro atoms. The number of nitrogens with one attached hydrogen (secondary N) is 1. The van der Waals surface area contributed by atoms with Crippen molar-refractivity contribution in [3.8, 4) is 0 Å². The zero-order valence-electron chi connectivity index (χ0n) is 15.0. The predicted molar refractivity (Wildman–Crippen MR) is 106 cm³/mol. The van der Waals surface area contributed by atoms with E-state index in [2.05, 4.69) is 34.4 Å². The van der Waals surface area contributed by atoms with Gasteiger partial charge in [0.25, 0.3) is 5.91 Å². The Labute approximate surface area is 153 Å². The van der Waals surface area contributed by atoms with Crippen molar-refractivity contribution in [3.05, 3.63) is 71.9 Å². The number of fused-ring (bicyclic) bond motifs is 1. The van der Waals surface area contributed by atoms with Crippen molar-refractivity contribution >= 4 is 22.5 Å². The molecule has 0 bridgehead atoms. The highest BCUT2D eigenvalue weighted by atomic mass is 16.1. The SMILES string of the molecule is CN1CCC(c2ccc(C(=O)Nc3cccc4cccnc34)cc2)CC1. The zero-order chi connectivity index (χ0) is 17.9. The van der Waals surface area contributed by atoms with E-state index in [0.29, 0.717) is 11.5 Å². The fourth-order valence-corrected chi connectivity index (χ4v) is 3.65. The Hall–Kier alpha value is -2.72. The monoisotopic (exact) mass is 345 g/mol. The van der Waals surface area contributed by atoms with Crippen LogP contribution in [0.3, 0.4) is 0 Å². The number of carbonyl (C=O) groups excluding carboxylic acids is 1. The summed E-state index contributed by atoms with van der Waals surface area (Å²) in [5, 5.41) is 4.01. The number of amides is 1. The summed E-state index contributed by atoms with van der Waals surface area (Å²) in [7, 11) is 2.17. The van der Waals surface area contributed by atoms with Crippen LogP contribution in [0.2, 0.25) is 0 Å². The second-order valence-corrected chi connectivity index (χ2v) is 7.03. The summed E-state index contributed by atoms with van der Waals surface area (Å²) in [4.78, 5) is 19.4. The molecule has 1 fully saturated rings. The van der Waals surface area contributed by atoms with Crippen molar-refractivity contribution in [1.82, 2.24) is 9.88 Å². The molecule has 1 amide bonds. The zero-order valence-corrected chi connectivity index (χ0v) is 15.0. The maximum Gasteiger partial charge on any atom is 0.255 e. The number of nitrogens with zero attached hydrogens (tertiary/aromatic N) is 2. The van der Waals surface area contributed by atoms with Crippen molar-refractivity contribution in [2.24, 2.45) is 0 Å². The average Bonchev–Trinajstić information content (AvgIpc) is 2.69. The molecule has 4 heteroatoms. The lowest BCUT2D eigenvalue weighted by molar-refractivity contribution is 0.102. The van der Waals surface area contributed by atoms with E-state index in [4.69, 9.17) is 0 Å². The Morgan fingerprint density at radius 2 is 1.77 bits per heavy atom. The van der Waals surface area contributed by atoms with Crippen LogP contribution in [-0.4, -0.2) is 35.9 Å². The quantitative estimate of drug-likeness (QED) is 0.770.